The molecular weight excluding hydrogens is 440 g/mol. The minimum Gasteiger partial charge on any atom is -0.481 e. The zero-order valence-electron chi connectivity index (χ0n) is 19.1. The third-order valence-corrected chi connectivity index (χ3v) is 5.67. The Hall–Kier alpha value is -3.85. The van der Waals surface area contributed by atoms with E-state index in [1.54, 1.807) is 42.7 Å². The minimum atomic E-state index is -1.62. The van der Waals surface area contributed by atoms with Gasteiger partial charge < -0.3 is 19.2 Å². The number of carboxylic acids is 1. The van der Waals surface area contributed by atoms with Crippen LogP contribution in [0.4, 0.5) is 0 Å². The Morgan fingerprint density at radius 2 is 1.80 bits per heavy atom. The van der Waals surface area contributed by atoms with Gasteiger partial charge in [-0.1, -0.05) is 42.2 Å². The number of benzene rings is 2. The van der Waals surface area contributed by atoms with Crippen LogP contribution in [0.25, 0.3) is 11.3 Å². The maximum absolute atomic E-state index is 13.6. The number of ether oxygens (including phenoxy) is 1. The van der Waals surface area contributed by atoms with Gasteiger partial charge in [0.2, 0.25) is 0 Å². The van der Waals surface area contributed by atoms with Gasteiger partial charge in [-0.2, -0.15) is 0 Å². The first-order valence-corrected chi connectivity index (χ1v) is 11.3. The maximum Gasteiger partial charge on any atom is 0.304 e. The number of amides is 1. The third kappa shape index (κ3) is 5.81. The second-order valence-electron chi connectivity index (χ2n) is 8.32. The fourth-order valence-electron chi connectivity index (χ4n) is 3.80. The highest BCUT2D eigenvalue weighted by molar-refractivity contribution is 6.41. The highest BCUT2D eigenvalue weighted by Crippen LogP contribution is 2.39. The number of aliphatic carboxylic acids is 1. The van der Waals surface area contributed by atoms with Crippen LogP contribution in [0.3, 0.4) is 0 Å². The van der Waals surface area contributed by atoms with E-state index in [4.69, 9.17) is 30.0 Å². The molecule has 1 aliphatic rings. The zero-order chi connectivity index (χ0) is 24.8. The van der Waals surface area contributed by atoms with Gasteiger partial charge in [-0.05, 0) is 48.5 Å². The molecule has 0 saturated heterocycles. The molecule has 35 heavy (non-hydrogen) atoms. The summed E-state index contributed by atoms with van der Waals surface area (Å²) in [5.74, 6) is 5.51. The Morgan fingerprint density at radius 1 is 1.06 bits per heavy atom. The molecule has 1 fully saturated rings. The number of carboxylic acid groups (broad SMARTS) is 1. The molecule has 8 heteroatoms. The minimum absolute atomic E-state index is 0.0285. The zero-order valence-corrected chi connectivity index (χ0v) is 19.1. The fraction of sp³-hybridized carbons (Fsp3) is 0.259. The molecule has 1 amide bonds. The smallest absolute Gasteiger partial charge is 0.304 e. The van der Waals surface area contributed by atoms with Gasteiger partial charge in [-0.15, -0.1) is 0 Å². The van der Waals surface area contributed by atoms with Crippen LogP contribution in [0.5, 0.6) is 5.75 Å². The molecule has 3 aromatic rings. The van der Waals surface area contributed by atoms with Gasteiger partial charge in [0.15, 0.2) is 0 Å². The summed E-state index contributed by atoms with van der Waals surface area (Å²) in [6.45, 7) is 0.0400. The largest absolute Gasteiger partial charge is 0.481 e. The first kappa shape index (κ1) is 24.3. The molecule has 1 aromatic heterocycles. The summed E-state index contributed by atoms with van der Waals surface area (Å²) >= 11 is 0. The number of furan rings is 1. The van der Waals surface area contributed by atoms with Crippen molar-refractivity contribution in [1.29, 1.82) is 0 Å². The Balaban J connectivity index is 1.54. The van der Waals surface area contributed by atoms with Gasteiger partial charge in [0.05, 0.1) is 28.4 Å². The maximum atomic E-state index is 13.6. The van der Waals surface area contributed by atoms with Gasteiger partial charge in [-0.25, -0.2) is 0 Å². The van der Waals surface area contributed by atoms with Crippen LogP contribution in [0.15, 0.2) is 71.3 Å². The molecule has 4 radical (unpaired) electrons. The standard InChI is InChI=1S/C27H23B2NO5/c28-27(29,22-7-3-4-8-24(22)35-17-5-1-2-10-25(31)32)30(21-15-16-21)26(33)20-13-11-19(12-14-20)23-9-6-18-34-23/h3-4,6-9,11-14,18,21H,2,10,15-17H2,(H,31,32). The number of nitrogens with zero attached hydrogens (tertiary/aromatic N) is 1. The molecule has 4 rings (SSSR count). The summed E-state index contributed by atoms with van der Waals surface area (Å²) in [7, 11) is 13.3. The molecule has 1 heterocycles. The van der Waals surface area contributed by atoms with Crippen molar-refractivity contribution in [3.8, 4) is 28.9 Å². The molecule has 172 valence electrons. The number of hydrogen-bond donors (Lipinski definition) is 1. The molecule has 0 spiro atoms. The molecule has 6 nitrogen and oxygen atoms in total. The van der Waals surface area contributed by atoms with E-state index in [1.807, 2.05) is 24.3 Å². The van der Waals surface area contributed by atoms with E-state index >= 15 is 0 Å². The molecule has 2 aromatic carbocycles. The molecule has 0 atom stereocenters. The fourth-order valence-corrected chi connectivity index (χ4v) is 3.80. The Bertz CT molecular complexity index is 1240. The summed E-state index contributed by atoms with van der Waals surface area (Å²) < 4.78 is 11.2. The topological polar surface area (TPSA) is 80.0 Å². The average Bonchev–Trinajstić information content (AvgIpc) is 3.51. The van der Waals surface area contributed by atoms with E-state index < -0.39 is 11.3 Å². The average molecular weight is 463 g/mol. The number of para-hydroxylation sites is 1. The van der Waals surface area contributed by atoms with Crippen LogP contribution in [-0.2, 0) is 10.1 Å². The van der Waals surface area contributed by atoms with Gasteiger partial charge in [0.25, 0.3) is 5.91 Å². The van der Waals surface area contributed by atoms with Gasteiger partial charge in [0, 0.05) is 29.2 Å². The van der Waals surface area contributed by atoms with Crippen molar-refractivity contribution in [2.45, 2.75) is 37.1 Å². The quantitative estimate of drug-likeness (QED) is 0.384. The predicted octanol–water partition coefficient (Wildman–Crippen LogP) is 3.95. The summed E-state index contributed by atoms with van der Waals surface area (Å²) in [4.78, 5) is 25.7. The Morgan fingerprint density at radius 3 is 2.46 bits per heavy atom. The van der Waals surface area contributed by atoms with Crippen molar-refractivity contribution >= 4 is 27.6 Å². The number of rotatable bonds is 9. The van der Waals surface area contributed by atoms with Crippen molar-refractivity contribution < 1.29 is 23.8 Å². The Labute approximate surface area is 207 Å². The van der Waals surface area contributed by atoms with Crippen LogP contribution < -0.4 is 4.74 Å². The molecule has 1 aliphatic carbocycles. The van der Waals surface area contributed by atoms with Crippen LogP contribution in [-0.4, -0.2) is 50.2 Å². The molecule has 0 aliphatic heterocycles. The van der Waals surface area contributed by atoms with E-state index in [1.165, 1.54) is 4.90 Å². The normalized spacial score (nSPS) is 12.9. The van der Waals surface area contributed by atoms with Gasteiger partial charge >= 0.3 is 5.97 Å². The SMILES string of the molecule is [B]C([B])(c1ccccc1OCC#CCCC(=O)O)N(C(=O)c1ccc(-c2ccco2)cc1)C1CC1. The van der Waals surface area contributed by atoms with Gasteiger partial charge in [0.1, 0.15) is 18.1 Å². The molecular formula is C27H23B2NO5. The lowest BCUT2D eigenvalue weighted by molar-refractivity contribution is -0.136. The van der Waals surface area contributed by atoms with Crippen LogP contribution in [0.2, 0.25) is 0 Å². The van der Waals surface area contributed by atoms with E-state index in [9.17, 15) is 9.59 Å². The van der Waals surface area contributed by atoms with Crippen molar-refractivity contribution in [1.82, 2.24) is 4.90 Å². The van der Waals surface area contributed by atoms with E-state index in [-0.39, 0.29) is 31.4 Å². The number of hydrogen-bond acceptors (Lipinski definition) is 4. The molecule has 0 bridgehead atoms. The summed E-state index contributed by atoms with van der Waals surface area (Å²) in [6.07, 6.45) is 3.43. The van der Waals surface area contributed by atoms with E-state index in [2.05, 4.69) is 11.8 Å². The van der Waals surface area contributed by atoms with Crippen LogP contribution in [0.1, 0.15) is 41.6 Å². The summed E-state index contributed by atoms with van der Waals surface area (Å²) in [5.41, 5.74) is 1.79. The highest BCUT2D eigenvalue weighted by Gasteiger charge is 2.43. The van der Waals surface area contributed by atoms with Crippen molar-refractivity contribution in [2.75, 3.05) is 6.61 Å². The second kappa shape index (κ2) is 10.6. The van der Waals surface area contributed by atoms with Crippen LogP contribution in [0, 0.1) is 11.8 Å². The monoisotopic (exact) mass is 463 g/mol. The molecule has 1 saturated carbocycles. The first-order valence-electron chi connectivity index (χ1n) is 11.3. The third-order valence-electron chi connectivity index (χ3n) is 5.67. The molecule has 0 unspecified atom stereocenters. The summed E-state index contributed by atoms with van der Waals surface area (Å²) in [5, 5.41) is 7.08. The van der Waals surface area contributed by atoms with Crippen molar-refractivity contribution in [2.24, 2.45) is 0 Å². The number of carbonyl (C=O) groups excluding carboxylic acids is 1. The lowest BCUT2D eigenvalue weighted by atomic mass is 9.56. The van der Waals surface area contributed by atoms with Crippen molar-refractivity contribution in [3.63, 3.8) is 0 Å². The van der Waals surface area contributed by atoms with Crippen molar-refractivity contribution in [3.05, 3.63) is 78.1 Å². The lowest BCUT2D eigenvalue weighted by Crippen LogP contribution is -2.52. The van der Waals surface area contributed by atoms with E-state index in [0.29, 0.717) is 22.6 Å². The first-order chi connectivity index (χ1) is 16.9. The van der Waals surface area contributed by atoms with Crippen LogP contribution >= 0.6 is 0 Å². The van der Waals surface area contributed by atoms with Gasteiger partial charge in [-0.3, -0.25) is 9.59 Å². The van der Waals surface area contributed by atoms with E-state index in [0.717, 1.165) is 18.4 Å². The number of carbonyl (C=O) groups is 2. The lowest BCUT2D eigenvalue weighted by Gasteiger charge is -2.41. The highest BCUT2D eigenvalue weighted by atomic mass is 16.5. The predicted molar refractivity (Wildman–Crippen MR) is 133 cm³/mol. The summed E-state index contributed by atoms with van der Waals surface area (Å²) in [6, 6.07) is 17.7. The molecule has 1 N–H and O–H groups in total. The Kier molecular flexibility index (Phi) is 7.36. The second-order valence-corrected chi connectivity index (χ2v) is 8.32.